The summed E-state index contributed by atoms with van der Waals surface area (Å²) < 4.78 is 10.9. The van der Waals surface area contributed by atoms with Crippen molar-refractivity contribution < 1.29 is 9.15 Å². The molecule has 2 atom stereocenters. The van der Waals surface area contributed by atoms with Gasteiger partial charge in [0.2, 0.25) is 5.89 Å². The molecule has 0 radical (unpaired) electrons. The van der Waals surface area contributed by atoms with Crippen LogP contribution in [0.5, 0.6) is 0 Å². The molecule has 16 heavy (non-hydrogen) atoms. The first-order valence-electron chi connectivity index (χ1n) is 5.71. The van der Waals surface area contributed by atoms with Crippen molar-refractivity contribution in [3.63, 3.8) is 0 Å². The smallest absolute Gasteiger partial charge is 0.315 e. The average Bonchev–Trinajstić information content (AvgIpc) is 2.87. The SMILES string of the molecule is CCNCc1nnc(NC2CCOC2C)o1. The Hall–Kier alpha value is -1.14. The van der Waals surface area contributed by atoms with Crippen molar-refractivity contribution in [2.45, 2.75) is 39.0 Å². The van der Waals surface area contributed by atoms with E-state index in [1.807, 2.05) is 13.8 Å². The number of anilines is 1. The monoisotopic (exact) mass is 226 g/mol. The van der Waals surface area contributed by atoms with Gasteiger partial charge in [0.1, 0.15) is 0 Å². The van der Waals surface area contributed by atoms with Crippen molar-refractivity contribution in [2.75, 3.05) is 18.5 Å². The highest BCUT2D eigenvalue weighted by atomic mass is 16.5. The number of ether oxygens (including phenoxy) is 1. The van der Waals surface area contributed by atoms with Crippen molar-refractivity contribution in [1.82, 2.24) is 15.5 Å². The Labute approximate surface area is 94.8 Å². The van der Waals surface area contributed by atoms with E-state index in [9.17, 15) is 0 Å². The molecule has 0 aromatic carbocycles. The molecule has 1 aliphatic rings. The molecule has 0 saturated carbocycles. The van der Waals surface area contributed by atoms with Crippen LogP contribution in [0.15, 0.2) is 4.42 Å². The lowest BCUT2D eigenvalue weighted by molar-refractivity contribution is 0.121. The van der Waals surface area contributed by atoms with Crippen molar-refractivity contribution in [3.05, 3.63) is 5.89 Å². The predicted molar refractivity (Wildman–Crippen MR) is 59.1 cm³/mol. The van der Waals surface area contributed by atoms with Crippen LogP contribution in [-0.2, 0) is 11.3 Å². The zero-order valence-electron chi connectivity index (χ0n) is 9.69. The number of hydrogen-bond donors (Lipinski definition) is 2. The summed E-state index contributed by atoms with van der Waals surface area (Å²) in [5.41, 5.74) is 0. The van der Waals surface area contributed by atoms with Crippen LogP contribution < -0.4 is 10.6 Å². The third kappa shape index (κ3) is 2.70. The number of aromatic nitrogens is 2. The van der Waals surface area contributed by atoms with Crippen LogP contribution in [0.1, 0.15) is 26.2 Å². The van der Waals surface area contributed by atoms with Crippen LogP contribution in [0, 0.1) is 0 Å². The Bertz CT molecular complexity index is 328. The maximum absolute atomic E-state index is 5.44. The third-order valence-corrected chi connectivity index (χ3v) is 2.68. The second-order valence-electron chi connectivity index (χ2n) is 3.90. The average molecular weight is 226 g/mol. The molecule has 2 rings (SSSR count). The van der Waals surface area contributed by atoms with Gasteiger partial charge in [-0.1, -0.05) is 12.0 Å². The number of nitrogens with zero attached hydrogens (tertiary/aromatic N) is 2. The van der Waals surface area contributed by atoms with E-state index in [1.165, 1.54) is 0 Å². The van der Waals surface area contributed by atoms with Crippen LogP contribution in [0.4, 0.5) is 6.01 Å². The number of rotatable bonds is 5. The van der Waals surface area contributed by atoms with Crippen molar-refractivity contribution in [1.29, 1.82) is 0 Å². The van der Waals surface area contributed by atoms with Gasteiger partial charge in [-0.25, -0.2) is 0 Å². The van der Waals surface area contributed by atoms with Gasteiger partial charge >= 0.3 is 6.01 Å². The lowest BCUT2D eigenvalue weighted by atomic mass is 10.2. The van der Waals surface area contributed by atoms with Crippen molar-refractivity contribution >= 4 is 6.01 Å². The third-order valence-electron chi connectivity index (χ3n) is 2.68. The lowest BCUT2D eigenvalue weighted by Crippen LogP contribution is -2.26. The van der Waals surface area contributed by atoms with E-state index in [0.717, 1.165) is 19.6 Å². The fraction of sp³-hybridized carbons (Fsp3) is 0.800. The van der Waals surface area contributed by atoms with Crippen LogP contribution in [0.2, 0.25) is 0 Å². The highest BCUT2D eigenvalue weighted by molar-refractivity contribution is 5.20. The van der Waals surface area contributed by atoms with Crippen LogP contribution in [0.25, 0.3) is 0 Å². The minimum absolute atomic E-state index is 0.198. The summed E-state index contributed by atoms with van der Waals surface area (Å²) in [5.74, 6) is 0.607. The first kappa shape index (κ1) is 11.3. The summed E-state index contributed by atoms with van der Waals surface area (Å²) in [5, 5.41) is 14.2. The van der Waals surface area contributed by atoms with Gasteiger partial charge in [-0.15, -0.1) is 5.10 Å². The molecular formula is C10H18N4O2. The van der Waals surface area contributed by atoms with E-state index in [1.54, 1.807) is 0 Å². The molecule has 0 aliphatic carbocycles. The summed E-state index contributed by atoms with van der Waals surface area (Å²) in [4.78, 5) is 0. The van der Waals surface area contributed by atoms with Gasteiger partial charge in [0.15, 0.2) is 0 Å². The summed E-state index contributed by atoms with van der Waals surface area (Å²) >= 11 is 0. The predicted octanol–water partition coefficient (Wildman–Crippen LogP) is 0.768. The van der Waals surface area contributed by atoms with Gasteiger partial charge in [-0.05, 0) is 19.9 Å². The molecule has 1 saturated heterocycles. The molecule has 2 unspecified atom stereocenters. The quantitative estimate of drug-likeness (QED) is 0.772. The zero-order chi connectivity index (χ0) is 11.4. The van der Waals surface area contributed by atoms with Crippen LogP contribution in [-0.4, -0.2) is 35.5 Å². The maximum atomic E-state index is 5.44. The van der Waals surface area contributed by atoms with E-state index in [2.05, 4.69) is 20.8 Å². The molecule has 1 aliphatic heterocycles. The van der Waals surface area contributed by atoms with Gasteiger partial charge < -0.3 is 19.8 Å². The van der Waals surface area contributed by atoms with E-state index in [4.69, 9.17) is 9.15 Å². The Morgan fingerprint density at radius 2 is 2.31 bits per heavy atom. The maximum Gasteiger partial charge on any atom is 0.315 e. The Balaban J connectivity index is 1.87. The molecule has 6 nitrogen and oxygen atoms in total. The topological polar surface area (TPSA) is 72.2 Å². The molecule has 2 heterocycles. The molecular weight excluding hydrogens is 208 g/mol. The van der Waals surface area contributed by atoms with E-state index in [0.29, 0.717) is 18.5 Å². The van der Waals surface area contributed by atoms with Gasteiger partial charge in [0.25, 0.3) is 0 Å². The number of hydrogen-bond acceptors (Lipinski definition) is 6. The molecule has 0 amide bonds. The number of nitrogens with one attached hydrogen (secondary N) is 2. The normalized spacial score (nSPS) is 24.9. The van der Waals surface area contributed by atoms with Gasteiger partial charge in [-0.3, -0.25) is 0 Å². The summed E-state index contributed by atoms with van der Waals surface area (Å²) in [6.07, 6.45) is 1.18. The molecule has 1 fully saturated rings. The first-order chi connectivity index (χ1) is 7.79. The highest BCUT2D eigenvalue weighted by Gasteiger charge is 2.25. The Morgan fingerprint density at radius 1 is 1.44 bits per heavy atom. The summed E-state index contributed by atoms with van der Waals surface area (Å²) in [6.45, 7) is 6.37. The molecule has 0 bridgehead atoms. The fourth-order valence-corrected chi connectivity index (χ4v) is 1.70. The second-order valence-corrected chi connectivity index (χ2v) is 3.90. The van der Waals surface area contributed by atoms with E-state index < -0.39 is 0 Å². The van der Waals surface area contributed by atoms with E-state index in [-0.39, 0.29) is 12.1 Å². The minimum atomic E-state index is 0.198. The Morgan fingerprint density at radius 3 is 3.00 bits per heavy atom. The fourth-order valence-electron chi connectivity index (χ4n) is 1.70. The largest absolute Gasteiger partial charge is 0.407 e. The van der Waals surface area contributed by atoms with Crippen LogP contribution in [0.3, 0.4) is 0 Å². The molecule has 1 aromatic heterocycles. The highest BCUT2D eigenvalue weighted by Crippen LogP contribution is 2.17. The van der Waals surface area contributed by atoms with E-state index >= 15 is 0 Å². The van der Waals surface area contributed by atoms with Gasteiger partial charge in [-0.2, -0.15) is 0 Å². The van der Waals surface area contributed by atoms with Gasteiger partial charge in [0, 0.05) is 6.61 Å². The summed E-state index contributed by atoms with van der Waals surface area (Å²) in [6, 6.07) is 0.752. The molecule has 6 heteroatoms. The van der Waals surface area contributed by atoms with Crippen molar-refractivity contribution in [3.8, 4) is 0 Å². The summed E-state index contributed by atoms with van der Waals surface area (Å²) in [7, 11) is 0. The molecule has 2 N–H and O–H groups in total. The van der Waals surface area contributed by atoms with Gasteiger partial charge in [0.05, 0.1) is 18.7 Å². The lowest BCUT2D eigenvalue weighted by Gasteiger charge is -2.13. The minimum Gasteiger partial charge on any atom is -0.407 e. The molecule has 90 valence electrons. The molecule has 1 aromatic rings. The van der Waals surface area contributed by atoms with Crippen LogP contribution >= 0.6 is 0 Å². The molecule has 0 spiro atoms. The van der Waals surface area contributed by atoms with Crippen molar-refractivity contribution in [2.24, 2.45) is 0 Å². The standard InChI is InChI=1S/C10H18N4O2/c1-3-11-6-9-13-14-10(16-9)12-8-4-5-15-7(8)2/h7-8,11H,3-6H2,1-2H3,(H,12,14). The second kappa shape index (κ2) is 5.27. The zero-order valence-corrected chi connectivity index (χ0v) is 9.69. The first-order valence-corrected chi connectivity index (χ1v) is 5.71. The Kier molecular flexibility index (Phi) is 3.74.